The van der Waals surface area contributed by atoms with Gasteiger partial charge in [-0.05, 0) is 13.8 Å². The van der Waals surface area contributed by atoms with E-state index in [1.165, 1.54) is 0 Å². The van der Waals surface area contributed by atoms with Crippen LogP contribution in [0.5, 0.6) is 0 Å². The number of primary amides is 1. The van der Waals surface area contributed by atoms with Gasteiger partial charge in [-0.15, -0.1) is 0 Å². The molecule has 1 heterocycles. The van der Waals surface area contributed by atoms with Gasteiger partial charge in [-0.2, -0.15) is 5.10 Å². The fourth-order valence-electron chi connectivity index (χ4n) is 1.61. The van der Waals surface area contributed by atoms with E-state index in [4.69, 9.17) is 10.8 Å². The second-order valence-electron chi connectivity index (χ2n) is 4.17. The average molecular weight is 254 g/mol. The third-order valence-corrected chi connectivity index (χ3v) is 2.82. The molecule has 1 rings (SSSR count). The molecule has 0 saturated heterocycles. The van der Waals surface area contributed by atoms with Crippen molar-refractivity contribution in [1.82, 2.24) is 15.1 Å². The number of hydrogen-bond acceptors (Lipinski definition) is 4. The molecule has 1 unspecified atom stereocenters. The number of aliphatic hydroxyl groups is 1. The van der Waals surface area contributed by atoms with Crippen molar-refractivity contribution in [3.8, 4) is 0 Å². The fraction of sp³-hybridized carbons (Fsp3) is 0.545. The van der Waals surface area contributed by atoms with Gasteiger partial charge >= 0.3 is 0 Å². The lowest BCUT2D eigenvalue weighted by molar-refractivity contribution is -0.126. The monoisotopic (exact) mass is 254 g/mol. The Labute approximate surface area is 105 Å². The highest BCUT2D eigenvalue weighted by molar-refractivity contribution is 5.82. The maximum absolute atomic E-state index is 11.6. The summed E-state index contributed by atoms with van der Waals surface area (Å²) in [5.41, 5.74) is 7.43. The van der Waals surface area contributed by atoms with Gasteiger partial charge in [0, 0.05) is 18.3 Å². The van der Waals surface area contributed by atoms with Crippen molar-refractivity contribution in [3.63, 3.8) is 0 Å². The Balaban J connectivity index is 2.57. The molecule has 100 valence electrons. The number of nitrogens with two attached hydrogens (primary N) is 1. The van der Waals surface area contributed by atoms with Gasteiger partial charge < -0.3 is 16.2 Å². The molecule has 7 heteroatoms. The zero-order chi connectivity index (χ0) is 13.9. The first-order valence-electron chi connectivity index (χ1n) is 5.56. The number of aryl methyl sites for hydroxylation is 2. The van der Waals surface area contributed by atoms with E-state index in [0.29, 0.717) is 0 Å². The van der Waals surface area contributed by atoms with Gasteiger partial charge in [0.2, 0.25) is 11.8 Å². The lowest BCUT2D eigenvalue weighted by atomic mass is 10.1. The molecule has 18 heavy (non-hydrogen) atoms. The normalized spacial score (nSPS) is 12.2. The molecule has 7 nitrogen and oxygen atoms in total. The minimum absolute atomic E-state index is 0.164. The van der Waals surface area contributed by atoms with Gasteiger partial charge in [0.25, 0.3) is 0 Å². The predicted molar refractivity (Wildman–Crippen MR) is 64.6 cm³/mol. The fourth-order valence-corrected chi connectivity index (χ4v) is 1.61. The van der Waals surface area contributed by atoms with Crippen LogP contribution < -0.4 is 11.1 Å². The predicted octanol–water partition coefficient (Wildman–Crippen LogP) is -1.46. The van der Waals surface area contributed by atoms with Crippen LogP contribution in [0.1, 0.15) is 17.0 Å². The first-order valence-corrected chi connectivity index (χ1v) is 5.56. The van der Waals surface area contributed by atoms with Gasteiger partial charge in [0.05, 0.1) is 18.7 Å². The lowest BCUT2D eigenvalue weighted by Gasteiger charge is -2.08. The van der Waals surface area contributed by atoms with Crippen LogP contribution in [0.4, 0.5) is 0 Å². The van der Waals surface area contributed by atoms with Gasteiger partial charge in [-0.1, -0.05) is 0 Å². The molecule has 0 aliphatic heterocycles. The maximum Gasteiger partial charge on any atom is 0.248 e. The molecular formula is C11H18N4O3. The first-order chi connectivity index (χ1) is 8.32. The van der Waals surface area contributed by atoms with Crippen LogP contribution in [0.2, 0.25) is 0 Å². The number of carbonyl (C=O) groups excluding carboxylic acids is 2. The van der Waals surface area contributed by atoms with E-state index in [0.717, 1.165) is 17.0 Å². The van der Waals surface area contributed by atoms with Crippen molar-refractivity contribution < 1.29 is 14.7 Å². The standard InChI is InChI=1S/C11H18N4O3/c1-6-8(7(2)15(3)14-6)4-10(17)13-5-9(16)11(12)18/h9,16H,4-5H2,1-3H3,(H2,12,18)(H,13,17). The number of rotatable bonds is 5. The smallest absolute Gasteiger partial charge is 0.248 e. The second-order valence-corrected chi connectivity index (χ2v) is 4.17. The van der Waals surface area contributed by atoms with Crippen molar-refractivity contribution in [3.05, 3.63) is 17.0 Å². The second kappa shape index (κ2) is 5.63. The summed E-state index contributed by atoms with van der Waals surface area (Å²) in [7, 11) is 1.81. The van der Waals surface area contributed by atoms with Crippen molar-refractivity contribution in [2.24, 2.45) is 12.8 Å². The Morgan fingerprint density at radius 1 is 1.50 bits per heavy atom. The highest BCUT2D eigenvalue weighted by atomic mass is 16.3. The van der Waals surface area contributed by atoms with Gasteiger partial charge in [-0.25, -0.2) is 0 Å². The molecule has 0 spiro atoms. The van der Waals surface area contributed by atoms with Gasteiger partial charge in [0.15, 0.2) is 0 Å². The molecule has 0 aliphatic carbocycles. The van der Waals surface area contributed by atoms with Crippen LogP contribution in [-0.4, -0.2) is 39.4 Å². The zero-order valence-corrected chi connectivity index (χ0v) is 10.7. The molecule has 0 aliphatic rings. The van der Waals surface area contributed by atoms with Crippen molar-refractivity contribution in [2.45, 2.75) is 26.4 Å². The van der Waals surface area contributed by atoms with Crippen molar-refractivity contribution in [1.29, 1.82) is 0 Å². The summed E-state index contributed by atoms with van der Waals surface area (Å²) in [6.07, 6.45) is -1.19. The van der Waals surface area contributed by atoms with E-state index in [-0.39, 0.29) is 18.9 Å². The topological polar surface area (TPSA) is 110 Å². The molecule has 0 radical (unpaired) electrons. The van der Waals surface area contributed by atoms with E-state index in [1.807, 2.05) is 13.8 Å². The Hall–Kier alpha value is -1.89. The lowest BCUT2D eigenvalue weighted by Crippen LogP contribution is -2.40. The number of aromatic nitrogens is 2. The molecule has 0 fully saturated rings. The van der Waals surface area contributed by atoms with E-state index < -0.39 is 12.0 Å². The average Bonchev–Trinajstić information content (AvgIpc) is 2.52. The highest BCUT2D eigenvalue weighted by Gasteiger charge is 2.15. The zero-order valence-electron chi connectivity index (χ0n) is 10.7. The minimum Gasteiger partial charge on any atom is -0.381 e. The first kappa shape index (κ1) is 14.2. The van der Waals surface area contributed by atoms with E-state index in [9.17, 15) is 9.59 Å². The summed E-state index contributed by atoms with van der Waals surface area (Å²) < 4.78 is 1.70. The van der Waals surface area contributed by atoms with E-state index in [2.05, 4.69) is 10.4 Å². The van der Waals surface area contributed by atoms with Crippen LogP contribution in [0, 0.1) is 13.8 Å². The van der Waals surface area contributed by atoms with Crippen LogP contribution in [0.25, 0.3) is 0 Å². The molecule has 0 bridgehead atoms. The molecule has 2 amide bonds. The number of nitrogens with zero attached hydrogens (tertiary/aromatic N) is 2. The number of carbonyl (C=O) groups is 2. The summed E-state index contributed by atoms with van der Waals surface area (Å²) in [6, 6.07) is 0. The van der Waals surface area contributed by atoms with Gasteiger partial charge in [-0.3, -0.25) is 14.3 Å². The highest BCUT2D eigenvalue weighted by Crippen LogP contribution is 2.12. The van der Waals surface area contributed by atoms with E-state index >= 15 is 0 Å². The molecular weight excluding hydrogens is 236 g/mol. The molecule has 0 aromatic carbocycles. The summed E-state index contributed by atoms with van der Waals surface area (Å²) in [4.78, 5) is 22.2. The van der Waals surface area contributed by atoms with Crippen LogP contribution in [0.15, 0.2) is 0 Å². The van der Waals surface area contributed by atoms with Gasteiger partial charge in [0.1, 0.15) is 6.10 Å². The largest absolute Gasteiger partial charge is 0.381 e. The molecule has 1 atom stereocenters. The quantitative estimate of drug-likeness (QED) is 0.596. The molecule has 1 aromatic rings. The van der Waals surface area contributed by atoms with Crippen LogP contribution in [-0.2, 0) is 23.1 Å². The number of nitrogens with one attached hydrogen (secondary N) is 1. The summed E-state index contributed by atoms with van der Waals surface area (Å²) in [6.45, 7) is 3.53. The third kappa shape index (κ3) is 3.30. The van der Waals surface area contributed by atoms with Crippen LogP contribution in [0.3, 0.4) is 0 Å². The molecule has 4 N–H and O–H groups in total. The Morgan fingerprint density at radius 3 is 2.56 bits per heavy atom. The van der Waals surface area contributed by atoms with Crippen LogP contribution >= 0.6 is 0 Å². The number of aliphatic hydroxyl groups excluding tert-OH is 1. The van der Waals surface area contributed by atoms with Crippen molar-refractivity contribution in [2.75, 3.05) is 6.54 Å². The SMILES string of the molecule is Cc1nn(C)c(C)c1CC(=O)NCC(O)C(N)=O. The molecule has 0 saturated carbocycles. The number of amides is 2. The third-order valence-electron chi connectivity index (χ3n) is 2.82. The number of hydrogen-bond donors (Lipinski definition) is 3. The maximum atomic E-state index is 11.6. The molecule has 1 aromatic heterocycles. The minimum atomic E-state index is -1.36. The summed E-state index contributed by atoms with van der Waals surface area (Å²) >= 11 is 0. The van der Waals surface area contributed by atoms with E-state index in [1.54, 1.807) is 11.7 Å². The Morgan fingerprint density at radius 2 is 2.11 bits per heavy atom. The summed E-state index contributed by atoms with van der Waals surface area (Å²) in [5, 5.41) is 15.8. The van der Waals surface area contributed by atoms with Crippen molar-refractivity contribution >= 4 is 11.8 Å². The Kier molecular flexibility index (Phi) is 4.43. The summed E-state index contributed by atoms with van der Waals surface area (Å²) in [5.74, 6) is -1.14. The Bertz CT molecular complexity index is 467.